The number of hydrogen-bond acceptors (Lipinski definition) is 5. The van der Waals surface area contributed by atoms with E-state index in [9.17, 15) is 4.79 Å². The highest BCUT2D eigenvalue weighted by molar-refractivity contribution is 6.31. The van der Waals surface area contributed by atoms with Crippen LogP contribution in [0.4, 0.5) is 5.95 Å². The number of aromatic amines is 1. The van der Waals surface area contributed by atoms with E-state index in [1.54, 1.807) is 19.1 Å². The second-order valence-electron chi connectivity index (χ2n) is 3.91. The Kier molecular flexibility index (Phi) is 3.91. The number of halogens is 1. The lowest BCUT2D eigenvalue weighted by molar-refractivity contribution is 0.897. The van der Waals surface area contributed by atoms with Gasteiger partial charge < -0.3 is 0 Å². The van der Waals surface area contributed by atoms with Crippen LogP contribution in [0, 0.1) is 6.92 Å². The molecule has 0 saturated heterocycles. The molecule has 0 saturated carbocycles. The van der Waals surface area contributed by atoms with Gasteiger partial charge in [0.15, 0.2) is 0 Å². The van der Waals surface area contributed by atoms with Gasteiger partial charge in [-0.05, 0) is 31.5 Å². The van der Waals surface area contributed by atoms with E-state index in [1.807, 2.05) is 19.1 Å². The number of anilines is 1. The smallest absolute Gasteiger partial charge is 0.274 e. The third kappa shape index (κ3) is 3.38. The molecule has 0 radical (unpaired) electrons. The first-order valence-electron chi connectivity index (χ1n) is 5.56. The summed E-state index contributed by atoms with van der Waals surface area (Å²) in [5.41, 5.74) is 4.25. The lowest BCUT2D eigenvalue weighted by atomic mass is 10.1. The maximum atomic E-state index is 11.3. The van der Waals surface area contributed by atoms with E-state index in [1.165, 1.54) is 0 Å². The normalized spacial score (nSPS) is 11.4. The standard InChI is InChI=1S/C12H12ClN5O/c1-7(9-4-3-5-10(13)6-9)15-17-12-14-11(19)8(2)16-18-12/h3-6H,1-2H3,(H2,14,17,18,19)/b15-7+. The van der Waals surface area contributed by atoms with Crippen molar-refractivity contribution in [2.45, 2.75) is 13.8 Å². The zero-order chi connectivity index (χ0) is 13.8. The van der Waals surface area contributed by atoms with Crippen molar-refractivity contribution in [2.75, 3.05) is 5.43 Å². The molecular weight excluding hydrogens is 266 g/mol. The molecule has 0 unspecified atom stereocenters. The van der Waals surface area contributed by atoms with E-state index < -0.39 is 0 Å². The fourth-order valence-electron chi connectivity index (χ4n) is 1.36. The molecule has 2 N–H and O–H groups in total. The third-order valence-corrected chi connectivity index (χ3v) is 2.67. The number of hydrazone groups is 1. The predicted octanol–water partition coefficient (Wildman–Crippen LogP) is 1.96. The number of hydrogen-bond donors (Lipinski definition) is 2. The number of rotatable bonds is 3. The quantitative estimate of drug-likeness (QED) is 0.664. The number of benzene rings is 1. The molecule has 0 fully saturated rings. The van der Waals surface area contributed by atoms with Crippen LogP contribution in [0.25, 0.3) is 0 Å². The molecule has 0 aliphatic rings. The lowest BCUT2D eigenvalue weighted by Gasteiger charge is -2.03. The minimum atomic E-state index is -0.298. The van der Waals surface area contributed by atoms with Gasteiger partial charge in [-0.25, -0.2) is 5.43 Å². The van der Waals surface area contributed by atoms with Crippen molar-refractivity contribution in [3.8, 4) is 0 Å². The first-order valence-corrected chi connectivity index (χ1v) is 5.94. The van der Waals surface area contributed by atoms with E-state index in [0.29, 0.717) is 16.4 Å². The van der Waals surface area contributed by atoms with Crippen LogP contribution in [-0.2, 0) is 0 Å². The first kappa shape index (κ1) is 13.2. The Morgan fingerprint density at radius 3 is 2.89 bits per heavy atom. The van der Waals surface area contributed by atoms with Gasteiger partial charge >= 0.3 is 0 Å². The number of aryl methyl sites for hydroxylation is 1. The fraction of sp³-hybridized carbons (Fsp3) is 0.167. The van der Waals surface area contributed by atoms with Crippen molar-refractivity contribution in [2.24, 2.45) is 5.10 Å². The summed E-state index contributed by atoms with van der Waals surface area (Å²) in [4.78, 5) is 13.9. The molecule has 1 aromatic heterocycles. The van der Waals surface area contributed by atoms with E-state index in [0.717, 1.165) is 5.56 Å². The highest BCUT2D eigenvalue weighted by Crippen LogP contribution is 2.11. The van der Waals surface area contributed by atoms with Crippen molar-refractivity contribution < 1.29 is 0 Å². The molecule has 6 nitrogen and oxygen atoms in total. The summed E-state index contributed by atoms with van der Waals surface area (Å²) in [5.74, 6) is 0.192. The number of H-pyrrole nitrogens is 1. The molecule has 19 heavy (non-hydrogen) atoms. The van der Waals surface area contributed by atoms with E-state index >= 15 is 0 Å². The van der Waals surface area contributed by atoms with Gasteiger partial charge in [-0.15, -0.1) is 10.2 Å². The van der Waals surface area contributed by atoms with Gasteiger partial charge in [-0.2, -0.15) is 5.10 Å². The Morgan fingerprint density at radius 2 is 2.21 bits per heavy atom. The fourth-order valence-corrected chi connectivity index (χ4v) is 1.55. The van der Waals surface area contributed by atoms with Crippen LogP contribution in [0.1, 0.15) is 18.2 Å². The Morgan fingerprint density at radius 1 is 1.42 bits per heavy atom. The monoisotopic (exact) mass is 277 g/mol. The molecule has 1 heterocycles. The summed E-state index contributed by atoms with van der Waals surface area (Å²) in [6, 6.07) is 7.31. The summed E-state index contributed by atoms with van der Waals surface area (Å²) >= 11 is 5.90. The van der Waals surface area contributed by atoms with Crippen molar-refractivity contribution >= 4 is 23.3 Å². The first-order chi connectivity index (χ1) is 9.06. The van der Waals surface area contributed by atoms with Crippen LogP contribution in [0.5, 0.6) is 0 Å². The average molecular weight is 278 g/mol. The van der Waals surface area contributed by atoms with Crippen LogP contribution in [0.2, 0.25) is 5.02 Å². The summed E-state index contributed by atoms with van der Waals surface area (Å²) in [6.07, 6.45) is 0. The number of nitrogens with one attached hydrogen (secondary N) is 2. The van der Waals surface area contributed by atoms with Gasteiger partial charge in [0.25, 0.3) is 5.56 Å². The van der Waals surface area contributed by atoms with Crippen LogP contribution in [0.15, 0.2) is 34.2 Å². The average Bonchev–Trinajstić information content (AvgIpc) is 2.40. The molecule has 0 amide bonds. The molecule has 0 aliphatic carbocycles. The Bertz CT molecular complexity index is 680. The van der Waals surface area contributed by atoms with Crippen molar-refractivity contribution in [3.05, 3.63) is 50.9 Å². The Balaban J connectivity index is 2.18. The molecule has 0 bridgehead atoms. The van der Waals surface area contributed by atoms with Crippen LogP contribution in [0.3, 0.4) is 0 Å². The predicted molar refractivity (Wildman–Crippen MR) is 74.7 cm³/mol. The summed E-state index contributed by atoms with van der Waals surface area (Å²) in [5, 5.41) is 12.2. The largest absolute Gasteiger partial charge is 0.288 e. The molecule has 0 spiro atoms. The molecule has 2 rings (SSSR count). The van der Waals surface area contributed by atoms with Crippen molar-refractivity contribution in [1.29, 1.82) is 0 Å². The molecule has 0 aliphatic heterocycles. The zero-order valence-electron chi connectivity index (χ0n) is 10.4. The number of aromatic nitrogens is 3. The number of nitrogens with zero attached hydrogens (tertiary/aromatic N) is 3. The summed E-state index contributed by atoms with van der Waals surface area (Å²) in [7, 11) is 0. The van der Waals surface area contributed by atoms with Gasteiger partial charge in [0.2, 0.25) is 5.95 Å². The van der Waals surface area contributed by atoms with Gasteiger partial charge in [0.05, 0.1) is 5.71 Å². The second-order valence-corrected chi connectivity index (χ2v) is 4.34. The van der Waals surface area contributed by atoms with E-state index in [2.05, 4.69) is 25.7 Å². The van der Waals surface area contributed by atoms with Gasteiger partial charge in [0, 0.05) is 5.02 Å². The van der Waals surface area contributed by atoms with Gasteiger partial charge in [-0.1, -0.05) is 23.7 Å². The maximum Gasteiger partial charge on any atom is 0.274 e. The van der Waals surface area contributed by atoms with Crippen LogP contribution < -0.4 is 11.0 Å². The lowest BCUT2D eigenvalue weighted by Crippen LogP contribution is -2.16. The second kappa shape index (κ2) is 5.62. The van der Waals surface area contributed by atoms with Crippen molar-refractivity contribution in [1.82, 2.24) is 15.2 Å². The SMILES string of the molecule is C/C(=N\Nc1nnc(C)c(=O)[nH]1)c1cccc(Cl)c1. The molecule has 0 atom stereocenters. The zero-order valence-corrected chi connectivity index (χ0v) is 11.2. The third-order valence-electron chi connectivity index (χ3n) is 2.43. The van der Waals surface area contributed by atoms with E-state index in [-0.39, 0.29) is 11.5 Å². The highest BCUT2D eigenvalue weighted by atomic mass is 35.5. The van der Waals surface area contributed by atoms with Crippen LogP contribution in [-0.4, -0.2) is 20.9 Å². The maximum absolute atomic E-state index is 11.3. The molecule has 98 valence electrons. The minimum Gasteiger partial charge on any atom is -0.288 e. The summed E-state index contributed by atoms with van der Waals surface area (Å²) < 4.78 is 0. The topological polar surface area (TPSA) is 83.0 Å². The Hall–Kier alpha value is -2.21. The minimum absolute atomic E-state index is 0.192. The van der Waals surface area contributed by atoms with Gasteiger partial charge in [-0.3, -0.25) is 9.78 Å². The highest BCUT2D eigenvalue weighted by Gasteiger charge is 2.01. The molecule has 7 heteroatoms. The molecule has 1 aromatic carbocycles. The molecule has 2 aromatic rings. The summed E-state index contributed by atoms with van der Waals surface area (Å²) in [6.45, 7) is 3.40. The van der Waals surface area contributed by atoms with E-state index in [4.69, 9.17) is 11.6 Å². The Labute approximate surface area is 114 Å². The molecular formula is C12H12ClN5O. The van der Waals surface area contributed by atoms with Crippen LogP contribution >= 0.6 is 11.6 Å². The van der Waals surface area contributed by atoms with Gasteiger partial charge in [0.1, 0.15) is 5.69 Å². The van der Waals surface area contributed by atoms with Crippen molar-refractivity contribution in [3.63, 3.8) is 0 Å².